The zero-order valence-electron chi connectivity index (χ0n) is 13.1. The quantitative estimate of drug-likeness (QED) is 0.845. The van der Waals surface area contributed by atoms with Crippen LogP contribution in [0.2, 0.25) is 0 Å². The molecule has 0 spiro atoms. The van der Waals surface area contributed by atoms with E-state index in [2.05, 4.69) is 36.6 Å². The fourth-order valence-electron chi connectivity index (χ4n) is 2.79. The summed E-state index contributed by atoms with van der Waals surface area (Å²) in [5, 5.41) is 6.42. The number of benzene rings is 1. The van der Waals surface area contributed by atoms with E-state index in [1.54, 1.807) is 7.11 Å². The number of carbonyl (C=O) groups is 1. The van der Waals surface area contributed by atoms with Gasteiger partial charge >= 0.3 is 0 Å². The van der Waals surface area contributed by atoms with Crippen molar-refractivity contribution in [2.75, 3.05) is 13.7 Å². The van der Waals surface area contributed by atoms with Gasteiger partial charge in [-0.1, -0.05) is 44.2 Å². The molecule has 1 amide bonds. The van der Waals surface area contributed by atoms with E-state index in [1.807, 2.05) is 18.2 Å². The van der Waals surface area contributed by atoms with Gasteiger partial charge in [0.1, 0.15) is 0 Å². The fraction of sp³-hybridized carbons (Fsp3) is 0.588. The second kappa shape index (κ2) is 7.57. The van der Waals surface area contributed by atoms with Gasteiger partial charge in [0, 0.05) is 13.7 Å². The standard InChI is InChI=1S/C17H26N2O2/c1-12(2)9-15(13-7-5-4-6-8-13)19-17(20)16-10-14(21-3)11-18-16/h4-8,12,14-16,18H,9-11H2,1-3H3,(H,19,20). The molecule has 1 saturated heterocycles. The van der Waals surface area contributed by atoms with Crippen LogP contribution in [0.5, 0.6) is 0 Å². The van der Waals surface area contributed by atoms with Crippen molar-refractivity contribution in [2.24, 2.45) is 5.92 Å². The lowest BCUT2D eigenvalue weighted by Gasteiger charge is -2.23. The average Bonchev–Trinajstić information content (AvgIpc) is 2.96. The van der Waals surface area contributed by atoms with Crippen LogP contribution >= 0.6 is 0 Å². The second-order valence-electron chi connectivity index (χ2n) is 6.16. The Morgan fingerprint density at radius 3 is 2.67 bits per heavy atom. The number of hydrogen-bond acceptors (Lipinski definition) is 3. The van der Waals surface area contributed by atoms with E-state index in [0.717, 1.165) is 19.4 Å². The maximum Gasteiger partial charge on any atom is 0.237 e. The number of nitrogens with one attached hydrogen (secondary N) is 2. The molecule has 1 aliphatic rings. The predicted molar refractivity (Wildman–Crippen MR) is 84.0 cm³/mol. The normalized spacial score (nSPS) is 23.2. The molecule has 21 heavy (non-hydrogen) atoms. The molecule has 1 aromatic carbocycles. The molecule has 2 rings (SSSR count). The first-order valence-corrected chi connectivity index (χ1v) is 7.71. The highest BCUT2D eigenvalue weighted by atomic mass is 16.5. The molecule has 116 valence electrons. The number of rotatable bonds is 6. The first-order valence-electron chi connectivity index (χ1n) is 7.71. The third kappa shape index (κ3) is 4.55. The molecule has 0 radical (unpaired) electrons. The summed E-state index contributed by atoms with van der Waals surface area (Å²) in [6.07, 6.45) is 1.82. The van der Waals surface area contributed by atoms with Gasteiger partial charge in [-0.3, -0.25) is 4.79 Å². The maximum absolute atomic E-state index is 12.4. The Kier molecular flexibility index (Phi) is 5.76. The van der Waals surface area contributed by atoms with Crippen LogP contribution in [-0.4, -0.2) is 31.7 Å². The van der Waals surface area contributed by atoms with Gasteiger partial charge in [0.15, 0.2) is 0 Å². The highest BCUT2D eigenvalue weighted by Gasteiger charge is 2.30. The third-order valence-corrected chi connectivity index (χ3v) is 3.97. The molecule has 4 heteroatoms. The van der Waals surface area contributed by atoms with Gasteiger partial charge in [0.25, 0.3) is 0 Å². The van der Waals surface area contributed by atoms with Crippen LogP contribution in [0.3, 0.4) is 0 Å². The molecular formula is C17H26N2O2. The monoisotopic (exact) mass is 290 g/mol. The number of carbonyl (C=O) groups excluding carboxylic acids is 1. The van der Waals surface area contributed by atoms with Crippen LogP contribution in [0.1, 0.15) is 38.3 Å². The van der Waals surface area contributed by atoms with Crippen LogP contribution in [-0.2, 0) is 9.53 Å². The molecule has 2 N–H and O–H groups in total. The summed E-state index contributed by atoms with van der Waals surface area (Å²) >= 11 is 0. The van der Waals surface area contributed by atoms with E-state index < -0.39 is 0 Å². The minimum Gasteiger partial charge on any atom is -0.380 e. The Morgan fingerprint density at radius 2 is 2.10 bits per heavy atom. The molecule has 0 aromatic heterocycles. The van der Waals surface area contributed by atoms with Crippen molar-refractivity contribution in [3.8, 4) is 0 Å². The number of amides is 1. The van der Waals surface area contributed by atoms with Gasteiger partial charge in [0.2, 0.25) is 5.91 Å². The van der Waals surface area contributed by atoms with Crippen LogP contribution in [0.15, 0.2) is 30.3 Å². The molecule has 3 atom stereocenters. The first kappa shape index (κ1) is 16.0. The van der Waals surface area contributed by atoms with Gasteiger partial charge in [-0.15, -0.1) is 0 Å². The van der Waals surface area contributed by atoms with Crippen LogP contribution in [0.25, 0.3) is 0 Å². The topological polar surface area (TPSA) is 50.4 Å². The van der Waals surface area contributed by atoms with Crippen molar-refractivity contribution >= 4 is 5.91 Å². The van der Waals surface area contributed by atoms with Crippen LogP contribution in [0.4, 0.5) is 0 Å². The summed E-state index contributed by atoms with van der Waals surface area (Å²) in [4.78, 5) is 12.4. The Labute approximate surface area is 127 Å². The van der Waals surface area contributed by atoms with Crippen molar-refractivity contribution in [2.45, 2.75) is 44.9 Å². The molecule has 0 saturated carbocycles. The fourth-order valence-corrected chi connectivity index (χ4v) is 2.79. The molecule has 4 nitrogen and oxygen atoms in total. The minimum atomic E-state index is -0.145. The Balaban J connectivity index is 2.00. The smallest absolute Gasteiger partial charge is 0.237 e. The van der Waals surface area contributed by atoms with Crippen molar-refractivity contribution < 1.29 is 9.53 Å². The number of ether oxygens (including phenoxy) is 1. The summed E-state index contributed by atoms with van der Waals surface area (Å²) in [6.45, 7) is 5.10. The van der Waals surface area contributed by atoms with E-state index in [9.17, 15) is 4.79 Å². The molecule has 0 aliphatic carbocycles. The summed E-state index contributed by atoms with van der Waals surface area (Å²) in [7, 11) is 1.69. The van der Waals surface area contributed by atoms with Gasteiger partial charge in [-0.2, -0.15) is 0 Å². The lowest BCUT2D eigenvalue weighted by Crippen LogP contribution is -2.42. The first-order chi connectivity index (χ1) is 10.1. The lowest BCUT2D eigenvalue weighted by atomic mass is 9.96. The van der Waals surface area contributed by atoms with Gasteiger partial charge in [0.05, 0.1) is 18.2 Å². The molecule has 1 heterocycles. The SMILES string of the molecule is COC1CNC(C(=O)NC(CC(C)C)c2ccccc2)C1. The summed E-state index contributed by atoms with van der Waals surface area (Å²) in [5.74, 6) is 0.600. The zero-order valence-corrected chi connectivity index (χ0v) is 13.1. The van der Waals surface area contributed by atoms with E-state index in [0.29, 0.717) is 5.92 Å². The average molecular weight is 290 g/mol. The highest BCUT2D eigenvalue weighted by Crippen LogP contribution is 2.22. The van der Waals surface area contributed by atoms with Crippen molar-refractivity contribution in [1.29, 1.82) is 0 Å². The van der Waals surface area contributed by atoms with Crippen molar-refractivity contribution in [3.05, 3.63) is 35.9 Å². The second-order valence-corrected chi connectivity index (χ2v) is 6.16. The molecule has 3 unspecified atom stereocenters. The maximum atomic E-state index is 12.4. The highest BCUT2D eigenvalue weighted by molar-refractivity contribution is 5.82. The third-order valence-electron chi connectivity index (χ3n) is 3.97. The largest absolute Gasteiger partial charge is 0.380 e. The van der Waals surface area contributed by atoms with Crippen LogP contribution in [0, 0.1) is 5.92 Å². The van der Waals surface area contributed by atoms with Crippen molar-refractivity contribution in [1.82, 2.24) is 10.6 Å². The molecule has 1 aromatic rings. The van der Waals surface area contributed by atoms with Gasteiger partial charge < -0.3 is 15.4 Å². The number of hydrogen-bond donors (Lipinski definition) is 2. The molecule has 1 aliphatic heterocycles. The summed E-state index contributed by atoms with van der Waals surface area (Å²) in [6, 6.07) is 10.1. The lowest BCUT2D eigenvalue weighted by molar-refractivity contribution is -0.123. The Hall–Kier alpha value is -1.39. The predicted octanol–water partition coefficient (Wildman–Crippen LogP) is 2.27. The summed E-state index contributed by atoms with van der Waals surface area (Å²) in [5.41, 5.74) is 1.17. The molecular weight excluding hydrogens is 264 g/mol. The van der Waals surface area contributed by atoms with E-state index in [4.69, 9.17) is 4.74 Å². The summed E-state index contributed by atoms with van der Waals surface area (Å²) < 4.78 is 5.30. The van der Waals surface area contributed by atoms with E-state index >= 15 is 0 Å². The zero-order chi connectivity index (χ0) is 15.2. The van der Waals surface area contributed by atoms with Gasteiger partial charge in [-0.25, -0.2) is 0 Å². The molecule has 0 bridgehead atoms. The Bertz CT molecular complexity index is 447. The number of methoxy groups -OCH3 is 1. The van der Waals surface area contributed by atoms with Crippen molar-refractivity contribution in [3.63, 3.8) is 0 Å². The van der Waals surface area contributed by atoms with E-state index in [-0.39, 0.29) is 24.1 Å². The van der Waals surface area contributed by atoms with E-state index in [1.165, 1.54) is 5.56 Å². The van der Waals surface area contributed by atoms with Gasteiger partial charge in [-0.05, 0) is 24.3 Å². The molecule has 1 fully saturated rings. The Morgan fingerprint density at radius 1 is 1.38 bits per heavy atom. The van der Waals surface area contributed by atoms with Crippen LogP contribution < -0.4 is 10.6 Å². The minimum absolute atomic E-state index is 0.0714.